The van der Waals surface area contributed by atoms with Crippen LogP contribution in [0.25, 0.3) is 0 Å². The highest BCUT2D eigenvalue weighted by molar-refractivity contribution is 7.92. The molecule has 0 unspecified atom stereocenters. The van der Waals surface area contributed by atoms with Crippen LogP contribution < -0.4 is 19.8 Å². The van der Waals surface area contributed by atoms with Crippen molar-refractivity contribution in [2.24, 2.45) is 11.8 Å². The van der Waals surface area contributed by atoms with Crippen molar-refractivity contribution < 1.29 is 18.0 Å². The Morgan fingerprint density at radius 3 is 2.31 bits per heavy atom. The molecule has 2 aromatic carbocycles. The van der Waals surface area contributed by atoms with E-state index in [2.05, 4.69) is 15.5 Å². The Kier molecular flexibility index (Phi) is 8.35. The Labute approximate surface area is 235 Å². The number of carbonyl (C=O) groups excluding carboxylic acids is 2. The molecule has 39 heavy (non-hydrogen) atoms. The van der Waals surface area contributed by atoms with Crippen molar-refractivity contribution in [1.29, 1.82) is 0 Å². The average molecular weight is 574 g/mol. The van der Waals surface area contributed by atoms with Crippen LogP contribution in [0.4, 0.5) is 11.4 Å². The average Bonchev–Trinajstić information content (AvgIpc) is 3.71. The molecule has 2 aromatic rings. The fourth-order valence-corrected chi connectivity index (χ4v) is 6.22. The molecule has 210 valence electrons. The lowest BCUT2D eigenvalue weighted by molar-refractivity contribution is -0.138. The molecule has 2 saturated heterocycles. The van der Waals surface area contributed by atoms with Gasteiger partial charge >= 0.3 is 0 Å². The molecule has 1 aliphatic carbocycles. The summed E-state index contributed by atoms with van der Waals surface area (Å²) >= 11 is 6.04. The molecule has 2 amide bonds. The lowest BCUT2D eigenvalue weighted by Crippen LogP contribution is -2.58. The second-order valence-corrected chi connectivity index (χ2v) is 13.1. The number of rotatable bonds is 10. The van der Waals surface area contributed by atoms with Crippen LogP contribution in [0.15, 0.2) is 48.5 Å². The molecule has 11 heteroatoms. The highest BCUT2D eigenvalue weighted by atomic mass is 35.5. The number of hydrogen-bond donors (Lipinski definition) is 2. The maximum atomic E-state index is 13.7. The third-order valence-electron chi connectivity index (χ3n) is 7.72. The molecule has 5 rings (SSSR count). The molecule has 0 bridgehead atoms. The molecule has 3 aliphatic rings. The number of hydrogen-bond acceptors (Lipinski definition) is 6. The first-order valence-electron chi connectivity index (χ1n) is 13.5. The van der Waals surface area contributed by atoms with Gasteiger partial charge in [-0.3, -0.25) is 13.9 Å². The van der Waals surface area contributed by atoms with E-state index in [0.717, 1.165) is 24.1 Å². The summed E-state index contributed by atoms with van der Waals surface area (Å²) in [5.41, 5.74) is 2.47. The second kappa shape index (κ2) is 11.7. The van der Waals surface area contributed by atoms with Crippen molar-refractivity contribution in [3.8, 4) is 0 Å². The second-order valence-electron chi connectivity index (χ2n) is 10.8. The Bertz CT molecular complexity index is 1290. The van der Waals surface area contributed by atoms with Crippen LogP contribution >= 0.6 is 11.6 Å². The van der Waals surface area contributed by atoms with Crippen LogP contribution in [-0.2, 0) is 26.0 Å². The van der Waals surface area contributed by atoms with Gasteiger partial charge in [0.1, 0.15) is 6.04 Å². The van der Waals surface area contributed by atoms with Gasteiger partial charge in [-0.25, -0.2) is 8.42 Å². The van der Waals surface area contributed by atoms with Crippen molar-refractivity contribution in [2.75, 3.05) is 61.3 Å². The summed E-state index contributed by atoms with van der Waals surface area (Å²) in [7, 11) is -3.43. The predicted octanol–water partition coefficient (Wildman–Crippen LogP) is 2.11. The number of sulfonamides is 1. The summed E-state index contributed by atoms with van der Waals surface area (Å²) in [6.45, 7) is 3.83. The number of piperazine rings is 1. The Hall–Kier alpha value is -2.82. The highest BCUT2D eigenvalue weighted by Crippen LogP contribution is 2.37. The number of carbonyl (C=O) groups is 2. The molecular formula is C28H36ClN5O4S. The smallest absolute Gasteiger partial charge is 0.245 e. The van der Waals surface area contributed by atoms with Gasteiger partial charge in [-0.2, -0.15) is 0 Å². The minimum Gasteiger partial charge on any atom is -0.366 e. The van der Waals surface area contributed by atoms with Crippen molar-refractivity contribution in [3.63, 3.8) is 0 Å². The van der Waals surface area contributed by atoms with Gasteiger partial charge < -0.3 is 20.4 Å². The fraction of sp³-hybridized carbons (Fsp3) is 0.500. The SMILES string of the molecule is CS(=O)(=O)N(CC1CC1)c1ccccc1N1CCN(C(=O)[C@H](Cc2ccc(Cl)cc2)NC(=O)C2CNC2)CC1. The van der Waals surface area contributed by atoms with Crippen molar-refractivity contribution >= 4 is 44.8 Å². The molecule has 0 spiro atoms. The number of amides is 2. The number of anilines is 2. The maximum absolute atomic E-state index is 13.7. The number of para-hydroxylation sites is 2. The lowest BCUT2D eigenvalue weighted by Gasteiger charge is -2.39. The third-order valence-corrected chi connectivity index (χ3v) is 9.12. The van der Waals surface area contributed by atoms with Gasteiger partial charge in [0.05, 0.1) is 23.5 Å². The third kappa shape index (κ3) is 6.85. The molecule has 1 saturated carbocycles. The van der Waals surface area contributed by atoms with E-state index >= 15 is 0 Å². The van der Waals surface area contributed by atoms with Gasteiger partial charge in [-0.15, -0.1) is 0 Å². The summed E-state index contributed by atoms with van der Waals surface area (Å²) in [4.78, 5) is 30.4. The highest BCUT2D eigenvalue weighted by Gasteiger charge is 2.34. The van der Waals surface area contributed by atoms with Crippen molar-refractivity contribution in [1.82, 2.24) is 15.5 Å². The summed E-state index contributed by atoms with van der Waals surface area (Å²) in [5.74, 6) is 0.0771. The van der Waals surface area contributed by atoms with Crippen LogP contribution in [0.3, 0.4) is 0 Å². The first-order valence-corrected chi connectivity index (χ1v) is 15.8. The summed E-state index contributed by atoms with van der Waals surface area (Å²) in [5, 5.41) is 6.72. The Morgan fingerprint density at radius 2 is 1.72 bits per heavy atom. The number of benzene rings is 2. The van der Waals surface area contributed by atoms with E-state index in [1.807, 2.05) is 36.4 Å². The molecule has 2 N–H and O–H groups in total. The summed E-state index contributed by atoms with van der Waals surface area (Å²) in [6, 6.07) is 14.3. The van der Waals surface area contributed by atoms with E-state index < -0.39 is 16.1 Å². The van der Waals surface area contributed by atoms with Crippen LogP contribution in [0.1, 0.15) is 18.4 Å². The van der Waals surface area contributed by atoms with E-state index in [1.54, 1.807) is 17.0 Å². The van der Waals surface area contributed by atoms with E-state index in [0.29, 0.717) is 68.9 Å². The lowest BCUT2D eigenvalue weighted by atomic mass is 9.99. The Morgan fingerprint density at radius 1 is 1.05 bits per heavy atom. The zero-order valence-corrected chi connectivity index (χ0v) is 23.8. The molecule has 9 nitrogen and oxygen atoms in total. The van der Waals surface area contributed by atoms with Gasteiger partial charge in [-0.1, -0.05) is 35.9 Å². The number of nitrogens with zero attached hydrogens (tertiary/aromatic N) is 3. The fourth-order valence-electron chi connectivity index (χ4n) is 5.10. The number of halogens is 1. The summed E-state index contributed by atoms with van der Waals surface area (Å²) < 4.78 is 26.9. The van der Waals surface area contributed by atoms with Gasteiger partial charge in [-0.05, 0) is 48.6 Å². The standard InChI is InChI=1S/C28H36ClN5O4S/c1-39(37,38)34(19-21-6-7-21)26-5-3-2-4-25(26)32-12-14-33(15-13-32)28(36)24(31-27(35)22-17-30-18-22)16-20-8-10-23(29)11-9-20/h2-5,8-11,21-22,24,30H,6-7,12-19H2,1H3,(H,31,35)/t24-/m0/s1. The number of nitrogens with one attached hydrogen (secondary N) is 2. The molecule has 3 fully saturated rings. The van der Waals surface area contributed by atoms with Gasteiger partial charge in [0.15, 0.2) is 0 Å². The van der Waals surface area contributed by atoms with Crippen molar-refractivity contribution in [3.05, 3.63) is 59.1 Å². The molecule has 2 aliphatic heterocycles. The van der Waals surface area contributed by atoms with Crippen LogP contribution in [-0.4, -0.2) is 83.2 Å². The monoisotopic (exact) mass is 573 g/mol. The zero-order chi connectivity index (χ0) is 27.6. The molecule has 0 aromatic heterocycles. The van der Waals surface area contributed by atoms with E-state index in [4.69, 9.17) is 11.6 Å². The maximum Gasteiger partial charge on any atom is 0.245 e. The first-order chi connectivity index (χ1) is 18.7. The summed E-state index contributed by atoms with van der Waals surface area (Å²) in [6.07, 6.45) is 3.76. The minimum absolute atomic E-state index is 0.106. The molecule has 0 radical (unpaired) electrons. The van der Waals surface area contributed by atoms with E-state index in [-0.39, 0.29) is 17.7 Å². The zero-order valence-electron chi connectivity index (χ0n) is 22.2. The molecule has 2 heterocycles. The molecular weight excluding hydrogens is 538 g/mol. The predicted molar refractivity (Wildman–Crippen MR) is 154 cm³/mol. The largest absolute Gasteiger partial charge is 0.366 e. The van der Waals surface area contributed by atoms with Gasteiger partial charge in [0.25, 0.3) is 0 Å². The Balaban J connectivity index is 1.28. The van der Waals surface area contributed by atoms with E-state index in [9.17, 15) is 18.0 Å². The van der Waals surface area contributed by atoms with Crippen LogP contribution in [0, 0.1) is 11.8 Å². The van der Waals surface area contributed by atoms with Gasteiger partial charge in [0.2, 0.25) is 21.8 Å². The first kappa shape index (κ1) is 27.7. The van der Waals surface area contributed by atoms with Crippen LogP contribution in [0.2, 0.25) is 5.02 Å². The van der Waals surface area contributed by atoms with Crippen molar-refractivity contribution in [2.45, 2.75) is 25.3 Å². The normalized spacial score (nSPS) is 18.8. The quantitative estimate of drug-likeness (QED) is 0.451. The van der Waals surface area contributed by atoms with Crippen LogP contribution in [0.5, 0.6) is 0 Å². The minimum atomic E-state index is -3.43. The topological polar surface area (TPSA) is 102 Å². The van der Waals surface area contributed by atoms with Gasteiger partial charge in [0, 0.05) is 57.3 Å². The molecule has 1 atom stereocenters. The van der Waals surface area contributed by atoms with E-state index in [1.165, 1.54) is 10.6 Å².